The summed E-state index contributed by atoms with van der Waals surface area (Å²) in [6.07, 6.45) is 2.54. The Bertz CT molecular complexity index is 568. The molecular formula is C19H30BNO3. The van der Waals surface area contributed by atoms with Crippen molar-refractivity contribution in [2.24, 2.45) is 0 Å². The second-order valence-corrected chi connectivity index (χ2v) is 7.90. The molecule has 0 N–H and O–H groups in total. The van der Waals surface area contributed by atoms with Crippen LogP contribution in [-0.2, 0) is 9.31 Å². The maximum absolute atomic E-state index is 12.4. The van der Waals surface area contributed by atoms with Crippen LogP contribution in [0.4, 0.5) is 0 Å². The summed E-state index contributed by atoms with van der Waals surface area (Å²) in [5.74, 6) is 0.187. The van der Waals surface area contributed by atoms with Crippen LogP contribution in [0.1, 0.15) is 57.3 Å². The number of Topliss-reactive ketones (excluding diaryl/α,β-unsaturated/α-hetero) is 1. The second kappa shape index (κ2) is 7.38. The zero-order chi connectivity index (χ0) is 18.0. The number of unbranched alkanes of at least 4 members (excludes halogenated alkanes) is 1. The van der Waals surface area contributed by atoms with Crippen LogP contribution in [-0.4, -0.2) is 49.6 Å². The van der Waals surface area contributed by atoms with Crippen molar-refractivity contribution in [2.75, 3.05) is 20.6 Å². The summed E-state index contributed by atoms with van der Waals surface area (Å²) in [6, 6.07) is 7.66. The summed E-state index contributed by atoms with van der Waals surface area (Å²) in [6.45, 7) is 9.15. The molecule has 0 atom stereocenters. The predicted molar refractivity (Wildman–Crippen MR) is 98.9 cm³/mol. The van der Waals surface area contributed by atoms with Crippen molar-refractivity contribution in [2.45, 2.75) is 58.2 Å². The van der Waals surface area contributed by atoms with Gasteiger partial charge in [-0.3, -0.25) is 4.79 Å². The number of carbonyl (C=O) groups is 1. The van der Waals surface area contributed by atoms with Crippen molar-refractivity contribution in [3.8, 4) is 0 Å². The first-order valence-corrected chi connectivity index (χ1v) is 8.76. The molecule has 0 unspecified atom stereocenters. The van der Waals surface area contributed by atoms with Gasteiger partial charge in [-0.15, -0.1) is 0 Å². The van der Waals surface area contributed by atoms with Crippen LogP contribution in [0.2, 0.25) is 0 Å². The monoisotopic (exact) mass is 331 g/mol. The van der Waals surface area contributed by atoms with Crippen LogP contribution >= 0.6 is 0 Å². The Morgan fingerprint density at radius 2 is 1.71 bits per heavy atom. The van der Waals surface area contributed by atoms with E-state index in [2.05, 4.69) is 19.0 Å². The van der Waals surface area contributed by atoms with E-state index in [9.17, 15) is 4.79 Å². The molecule has 1 aliphatic heterocycles. The second-order valence-electron chi connectivity index (χ2n) is 7.90. The fraction of sp³-hybridized carbons (Fsp3) is 0.632. The van der Waals surface area contributed by atoms with Crippen molar-refractivity contribution >= 4 is 18.4 Å². The lowest BCUT2D eigenvalue weighted by atomic mass is 9.78. The maximum atomic E-state index is 12.4. The summed E-state index contributed by atoms with van der Waals surface area (Å²) in [4.78, 5) is 14.6. The number of ketones is 1. The highest BCUT2D eigenvalue weighted by molar-refractivity contribution is 6.62. The molecule has 0 bridgehead atoms. The van der Waals surface area contributed by atoms with E-state index in [-0.39, 0.29) is 17.0 Å². The van der Waals surface area contributed by atoms with Crippen LogP contribution in [0.15, 0.2) is 24.3 Å². The van der Waals surface area contributed by atoms with Gasteiger partial charge >= 0.3 is 7.12 Å². The maximum Gasteiger partial charge on any atom is 0.494 e. The van der Waals surface area contributed by atoms with Gasteiger partial charge in [0.25, 0.3) is 0 Å². The van der Waals surface area contributed by atoms with E-state index in [0.29, 0.717) is 6.42 Å². The minimum absolute atomic E-state index is 0.187. The fourth-order valence-corrected chi connectivity index (χ4v) is 2.70. The highest BCUT2D eigenvalue weighted by Gasteiger charge is 2.51. The lowest BCUT2D eigenvalue weighted by Crippen LogP contribution is -2.41. The topological polar surface area (TPSA) is 38.8 Å². The van der Waals surface area contributed by atoms with E-state index >= 15 is 0 Å². The third-order valence-electron chi connectivity index (χ3n) is 4.99. The largest absolute Gasteiger partial charge is 0.494 e. The predicted octanol–water partition coefficient (Wildman–Crippen LogP) is 2.90. The first-order chi connectivity index (χ1) is 11.1. The third kappa shape index (κ3) is 4.47. The van der Waals surface area contributed by atoms with Crippen LogP contribution in [0.25, 0.3) is 0 Å². The normalized spacial score (nSPS) is 19.0. The van der Waals surface area contributed by atoms with E-state index in [1.54, 1.807) is 0 Å². The number of rotatable bonds is 7. The Morgan fingerprint density at radius 3 is 2.29 bits per heavy atom. The first kappa shape index (κ1) is 19.2. The molecule has 1 heterocycles. The number of hydrogen-bond acceptors (Lipinski definition) is 4. The SMILES string of the molecule is CN(C)CCCCC(=O)c1cccc(B2OC(C)(C)C(C)(C)O2)c1. The number of nitrogens with zero attached hydrogens (tertiary/aromatic N) is 1. The van der Waals surface area contributed by atoms with Crippen molar-refractivity contribution < 1.29 is 14.1 Å². The summed E-state index contributed by atoms with van der Waals surface area (Å²) in [7, 11) is 3.68. The number of carbonyl (C=O) groups excluding carboxylic acids is 1. The Balaban J connectivity index is 2.01. The van der Waals surface area contributed by atoms with Crippen molar-refractivity contribution in [3.63, 3.8) is 0 Å². The lowest BCUT2D eigenvalue weighted by molar-refractivity contribution is 0.00578. The number of hydrogen-bond donors (Lipinski definition) is 0. The van der Waals surface area contributed by atoms with Crippen molar-refractivity contribution in [1.82, 2.24) is 4.90 Å². The lowest BCUT2D eigenvalue weighted by Gasteiger charge is -2.32. The molecule has 0 radical (unpaired) electrons. The fourth-order valence-electron chi connectivity index (χ4n) is 2.70. The van der Waals surface area contributed by atoms with Gasteiger partial charge in [-0.05, 0) is 66.6 Å². The van der Waals surface area contributed by atoms with Crippen molar-refractivity contribution in [1.29, 1.82) is 0 Å². The first-order valence-electron chi connectivity index (χ1n) is 8.76. The van der Waals surface area contributed by atoms with Gasteiger partial charge in [0.2, 0.25) is 0 Å². The molecule has 0 aliphatic carbocycles. The molecule has 0 amide bonds. The van der Waals surface area contributed by atoms with Gasteiger partial charge in [0.1, 0.15) is 0 Å². The van der Waals surface area contributed by atoms with Gasteiger partial charge < -0.3 is 14.2 Å². The molecule has 0 saturated carbocycles. The Hall–Kier alpha value is -1.17. The highest BCUT2D eigenvalue weighted by atomic mass is 16.7. The third-order valence-corrected chi connectivity index (χ3v) is 4.99. The van der Waals surface area contributed by atoms with Gasteiger partial charge in [0, 0.05) is 12.0 Å². The average Bonchev–Trinajstić information content (AvgIpc) is 2.72. The molecule has 5 heteroatoms. The van der Waals surface area contributed by atoms with E-state index in [4.69, 9.17) is 9.31 Å². The van der Waals surface area contributed by atoms with Gasteiger partial charge in [-0.25, -0.2) is 0 Å². The van der Waals surface area contributed by atoms with Crippen LogP contribution in [0.3, 0.4) is 0 Å². The molecule has 2 rings (SSSR count). The molecule has 1 aromatic carbocycles. The average molecular weight is 331 g/mol. The molecule has 0 spiro atoms. The smallest absolute Gasteiger partial charge is 0.399 e. The molecule has 24 heavy (non-hydrogen) atoms. The van der Waals surface area contributed by atoms with E-state index < -0.39 is 7.12 Å². The molecule has 132 valence electrons. The minimum atomic E-state index is -0.420. The Labute approximate surface area is 146 Å². The summed E-state index contributed by atoms with van der Waals surface area (Å²) < 4.78 is 12.1. The molecule has 0 aromatic heterocycles. The summed E-state index contributed by atoms with van der Waals surface area (Å²) in [5, 5.41) is 0. The Morgan fingerprint density at radius 1 is 1.08 bits per heavy atom. The standard InChI is InChI=1S/C19H30BNO3/c1-18(2)19(3,4)24-20(23-18)16-11-9-10-15(14-16)17(22)12-7-8-13-21(5)6/h9-11,14H,7-8,12-13H2,1-6H3. The molecule has 1 aliphatic rings. The minimum Gasteiger partial charge on any atom is -0.399 e. The van der Waals surface area contributed by atoms with Gasteiger partial charge in [-0.2, -0.15) is 0 Å². The summed E-state index contributed by atoms with van der Waals surface area (Å²) in [5.41, 5.74) is 0.910. The molecule has 4 nitrogen and oxygen atoms in total. The molecular weight excluding hydrogens is 301 g/mol. The number of benzene rings is 1. The molecule has 1 saturated heterocycles. The van der Waals surface area contributed by atoms with Gasteiger partial charge in [0.05, 0.1) is 11.2 Å². The van der Waals surface area contributed by atoms with Crippen LogP contribution in [0, 0.1) is 0 Å². The zero-order valence-electron chi connectivity index (χ0n) is 15.9. The van der Waals surface area contributed by atoms with Gasteiger partial charge in [0.15, 0.2) is 5.78 Å². The van der Waals surface area contributed by atoms with Crippen LogP contribution in [0.5, 0.6) is 0 Å². The van der Waals surface area contributed by atoms with Crippen LogP contribution < -0.4 is 5.46 Å². The van der Waals surface area contributed by atoms with Gasteiger partial charge in [-0.1, -0.05) is 24.3 Å². The summed E-state index contributed by atoms with van der Waals surface area (Å²) >= 11 is 0. The van der Waals surface area contributed by atoms with Crippen molar-refractivity contribution in [3.05, 3.63) is 29.8 Å². The molecule has 1 aromatic rings. The zero-order valence-corrected chi connectivity index (χ0v) is 15.9. The molecule has 1 fully saturated rings. The quantitative estimate of drug-likeness (QED) is 0.437. The van der Waals surface area contributed by atoms with E-state index in [1.807, 2.05) is 52.0 Å². The Kier molecular flexibility index (Phi) is 5.89. The van der Waals surface area contributed by atoms with E-state index in [0.717, 1.165) is 30.4 Å². The highest BCUT2D eigenvalue weighted by Crippen LogP contribution is 2.36. The van der Waals surface area contributed by atoms with E-state index in [1.165, 1.54) is 0 Å².